The highest BCUT2D eigenvalue weighted by Gasteiger charge is 2.22. The number of aromatic hydroxyl groups is 1. The molecule has 0 atom stereocenters. The van der Waals surface area contributed by atoms with Crippen molar-refractivity contribution in [3.63, 3.8) is 0 Å². The first kappa shape index (κ1) is 19.5. The van der Waals surface area contributed by atoms with Crippen molar-refractivity contribution < 1.29 is 14.3 Å². The van der Waals surface area contributed by atoms with E-state index in [4.69, 9.17) is 23.2 Å². The third kappa shape index (κ3) is 3.49. The number of nitrogens with one attached hydrogen (secondary N) is 1. The Balaban J connectivity index is 1.70. The number of aryl methyl sites for hydroxylation is 1. The number of fused-ring (bicyclic) bond motifs is 1. The zero-order valence-corrected chi connectivity index (χ0v) is 16.5. The van der Waals surface area contributed by atoms with Gasteiger partial charge in [0, 0.05) is 19.0 Å². The predicted molar refractivity (Wildman–Crippen MR) is 107 cm³/mol. The minimum Gasteiger partial charge on any atom is -0.507 e. The molecule has 1 amide bonds. The van der Waals surface area contributed by atoms with E-state index >= 15 is 0 Å². The van der Waals surface area contributed by atoms with Gasteiger partial charge in [-0.1, -0.05) is 29.3 Å². The van der Waals surface area contributed by atoms with Crippen molar-refractivity contribution in [1.29, 1.82) is 0 Å². The lowest BCUT2D eigenvalue weighted by Gasteiger charge is -2.11. The van der Waals surface area contributed by atoms with E-state index in [-0.39, 0.29) is 32.7 Å². The molecule has 0 fully saturated rings. The SMILES string of the molecule is O=C(Nc1c(F)cccc1Cl)c1cc(Cl)c(-n2nc3n(c2=O)CCCC3)cc1O. The number of rotatable bonds is 3. The van der Waals surface area contributed by atoms with E-state index in [0.717, 1.165) is 23.6 Å². The quantitative estimate of drug-likeness (QED) is 0.653. The Morgan fingerprint density at radius 2 is 2.00 bits per heavy atom. The second-order valence-corrected chi connectivity index (χ2v) is 7.41. The molecule has 1 aromatic heterocycles. The number of hydrogen-bond acceptors (Lipinski definition) is 4. The number of amides is 1. The fraction of sp³-hybridized carbons (Fsp3) is 0.211. The summed E-state index contributed by atoms with van der Waals surface area (Å²) in [4.78, 5) is 25.1. The van der Waals surface area contributed by atoms with E-state index in [9.17, 15) is 19.1 Å². The van der Waals surface area contributed by atoms with Gasteiger partial charge in [-0.25, -0.2) is 9.18 Å². The second-order valence-electron chi connectivity index (χ2n) is 6.59. The second kappa shape index (κ2) is 7.53. The number of phenols is 1. The van der Waals surface area contributed by atoms with Crippen LogP contribution >= 0.6 is 23.2 Å². The van der Waals surface area contributed by atoms with Gasteiger partial charge >= 0.3 is 5.69 Å². The topological polar surface area (TPSA) is 89.2 Å². The van der Waals surface area contributed by atoms with Crippen molar-refractivity contribution in [2.45, 2.75) is 25.8 Å². The lowest BCUT2D eigenvalue weighted by Crippen LogP contribution is -2.26. The molecule has 7 nitrogen and oxygen atoms in total. The van der Waals surface area contributed by atoms with E-state index < -0.39 is 17.5 Å². The van der Waals surface area contributed by atoms with E-state index in [1.165, 1.54) is 24.3 Å². The van der Waals surface area contributed by atoms with Crippen LogP contribution in [0.4, 0.5) is 10.1 Å². The zero-order valence-electron chi connectivity index (χ0n) is 15.0. The number of anilines is 1. The van der Waals surface area contributed by atoms with Gasteiger partial charge < -0.3 is 10.4 Å². The summed E-state index contributed by atoms with van der Waals surface area (Å²) in [6.07, 6.45) is 2.50. The molecule has 1 aliphatic heterocycles. The standard InChI is InChI=1S/C19H15Cl2FN4O3/c20-11-4-3-5-13(22)17(11)23-18(28)10-8-12(21)14(9-15(10)27)26-19(29)25-7-2-1-6-16(25)24-26/h3-5,8-9,27H,1-2,6-7H2,(H,23,28). The van der Waals surface area contributed by atoms with Crippen LogP contribution in [0.5, 0.6) is 5.75 Å². The number of para-hydroxylation sites is 1. The Labute approximate surface area is 174 Å². The molecule has 29 heavy (non-hydrogen) atoms. The van der Waals surface area contributed by atoms with Gasteiger partial charge in [-0.05, 0) is 31.0 Å². The Morgan fingerprint density at radius 1 is 1.21 bits per heavy atom. The largest absolute Gasteiger partial charge is 0.507 e. The maximum atomic E-state index is 13.9. The van der Waals surface area contributed by atoms with Crippen molar-refractivity contribution >= 4 is 34.8 Å². The van der Waals surface area contributed by atoms with Gasteiger partial charge in [0.05, 0.1) is 27.0 Å². The Bertz CT molecular complexity index is 1170. The molecule has 0 bridgehead atoms. The minimum absolute atomic E-state index is 0.00991. The molecule has 2 heterocycles. The van der Waals surface area contributed by atoms with Gasteiger partial charge in [-0.15, -0.1) is 5.10 Å². The van der Waals surface area contributed by atoms with Gasteiger partial charge in [0.1, 0.15) is 17.4 Å². The average Bonchev–Trinajstić information content (AvgIpc) is 3.03. The van der Waals surface area contributed by atoms with Crippen LogP contribution in [-0.4, -0.2) is 25.4 Å². The van der Waals surface area contributed by atoms with Crippen molar-refractivity contribution in [2.24, 2.45) is 0 Å². The van der Waals surface area contributed by atoms with Crippen LogP contribution in [0.3, 0.4) is 0 Å². The number of carbonyl (C=O) groups is 1. The molecule has 2 N–H and O–H groups in total. The van der Waals surface area contributed by atoms with Crippen molar-refractivity contribution in [1.82, 2.24) is 14.3 Å². The summed E-state index contributed by atoms with van der Waals surface area (Å²) in [5.41, 5.74) is -0.625. The molecule has 0 aliphatic carbocycles. The Kier molecular flexibility index (Phi) is 5.06. The van der Waals surface area contributed by atoms with Crippen LogP contribution in [0.1, 0.15) is 29.0 Å². The maximum absolute atomic E-state index is 13.9. The van der Waals surface area contributed by atoms with Crippen molar-refractivity contribution in [3.05, 3.63) is 68.1 Å². The fourth-order valence-corrected chi connectivity index (χ4v) is 3.70. The summed E-state index contributed by atoms with van der Waals surface area (Å²) in [5.74, 6) is -1.32. The summed E-state index contributed by atoms with van der Waals surface area (Å²) in [6, 6.07) is 6.34. The highest BCUT2D eigenvalue weighted by atomic mass is 35.5. The van der Waals surface area contributed by atoms with Gasteiger partial charge in [0.2, 0.25) is 0 Å². The molecule has 150 valence electrons. The minimum atomic E-state index is -0.806. The van der Waals surface area contributed by atoms with Crippen LogP contribution < -0.4 is 11.0 Å². The summed E-state index contributed by atoms with van der Waals surface area (Å²) in [6.45, 7) is 0.571. The summed E-state index contributed by atoms with van der Waals surface area (Å²) in [5, 5.41) is 17.0. The van der Waals surface area contributed by atoms with Crippen LogP contribution in [0, 0.1) is 5.82 Å². The van der Waals surface area contributed by atoms with Crippen LogP contribution in [-0.2, 0) is 13.0 Å². The third-order valence-electron chi connectivity index (χ3n) is 4.71. The molecule has 4 rings (SSSR count). The first-order valence-electron chi connectivity index (χ1n) is 8.84. The molecule has 3 aromatic rings. The molecule has 0 saturated heterocycles. The number of hydrogen-bond donors (Lipinski definition) is 2. The fourth-order valence-electron chi connectivity index (χ4n) is 3.25. The molecular formula is C19H15Cl2FN4O3. The summed E-state index contributed by atoms with van der Waals surface area (Å²) in [7, 11) is 0. The summed E-state index contributed by atoms with van der Waals surface area (Å²) >= 11 is 12.2. The van der Waals surface area contributed by atoms with Gasteiger partial charge in [-0.2, -0.15) is 4.68 Å². The highest BCUT2D eigenvalue weighted by molar-refractivity contribution is 6.34. The van der Waals surface area contributed by atoms with Gasteiger partial charge in [-0.3, -0.25) is 9.36 Å². The molecular weight excluding hydrogens is 422 g/mol. The van der Waals surface area contributed by atoms with Gasteiger partial charge in [0.25, 0.3) is 5.91 Å². The Morgan fingerprint density at radius 3 is 2.72 bits per heavy atom. The lowest BCUT2D eigenvalue weighted by atomic mass is 10.1. The Hall–Kier alpha value is -2.84. The van der Waals surface area contributed by atoms with E-state index in [2.05, 4.69) is 10.4 Å². The first-order valence-corrected chi connectivity index (χ1v) is 9.59. The third-order valence-corrected chi connectivity index (χ3v) is 5.33. The molecule has 2 aromatic carbocycles. The van der Waals surface area contributed by atoms with Gasteiger partial charge in [0.15, 0.2) is 0 Å². The number of benzene rings is 2. The molecule has 0 radical (unpaired) electrons. The molecule has 10 heteroatoms. The molecule has 0 unspecified atom stereocenters. The first-order chi connectivity index (χ1) is 13.9. The average molecular weight is 437 g/mol. The highest BCUT2D eigenvalue weighted by Crippen LogP contribution is 2.31. The van der Waals surface area contributed by atoms with Crippen LogP contribution in [0.15, 0.2) is 35.1 Å². The summed E-state index contributed by atoms with van der Waals surface area (Å²) < 4.78 is 16.6. The number of carbonyl (C=O) groups excluding carboxylic acids is 1. The molecule has 1 aliphatic rings. The van der Waals surface area contributed by atoms with Crippen LogP contribution in [0.2, 0.25) is 10.0 Å². The van der Waals surface area contributed by atoms with E-state index in [1.807, 2.05) is 0 Å². The van der Waals surface area contributed by atoms with E-state index in [1.54, 1.807) is 4.57 Å². The molecule has 0 saturated carbocycles. The maximum Gasteiger partial charge on any atom is 0.350 e. The number of nitrogens with zero attached hydrogens (tertiary/aromatic N) is 3. The number of aromatic nitrogens is 3. The van der Waals surface area contributed by atoms with Crippen molar-refractivity contribution in [2.75, 3.05) is 5.32 Å². The lowest BCUT2D eigenvalue weighted by molar-refractivity contribution is 0.102. The number of halogens is 3. The molecule has 0 spiro atoms. The number of phenolic OH excluding ortho intramolecular Hbond substituents is 1. The van der Waals surface area contributed by atoms with E-state index in [0.29, 0.717) is 18.8 Å². The van der Waals surface area contributed by atoms with Crippen molar-refractivity contribution in [3.8, 4) is 11.4 Å². The monoisotopic (exact) mass is 436 g/mol. The van der Waals surface area contributed by atoms with Crippen LogP contribution in [0.25, 0.3) is 5.69 Å². The normalized spacial score (nSPS) is 13.2. The smallest absolute Gasteiger partial charge is 0.350 e. The zero-order chi connectivity index (χ0) is 20.7. The predicted octanol–water partition coefficient (Wildman–Crippen LogP) is 3.77.